The molecule has 2 saturated carbocycles. The monoisotopic (exact) mass is 284 g/mol. The summed E-state index contributed by atoms with van der Waals surface area (Å²) in [5, 5.41) is 3.90. The summed E-state index contributed by atoms with van der Waals surface area (Å²) >= 11 is 0. The van der Waals surface area contributed by atoms with Crippen LogP contribution in [0.3, 0.4) is 0 Å². The third-order valence-corrected chi connectivity index (χ3v) is 6.05. The fraction of sp³-hybridized carbons (Fsp3) is 0.684. The van der Waals surface area contributed by atoms with E-state index in [0.717, 1.165) is 18.4 Å². The molecule has 0 radical (unpaired) electrons. The molecular weight excluding hydrogens is 256 g/mol. The van der Waals surface area contributed by atoms with Crippen molar-refractivity contribution in [3.05, 3.63) is 35.9 Å². The molecular formula is C19H28N2. The van der Waals surface area contributed by atoms with Gasteiger partial charge in [0, 0.05) is 31.2 Å². The summed E-state index contributed by atoms with van der Waals surface area (Å²) in [6.45, 7) is 6.11. The van der Waals surface area contributed by atoms with Crippen LogP contribution in [0.1, 0.15) is 50.6 Å². The molecule has 4 rings (SSSR count). The average Bonchev–Trinajstić information content (AvgIpc) is 3.29. The summed E-state index contributed by atoms with van der Waals surface area (Å²) in [6.07, 6.45) is 7.21. The second-order valence-electron chi connectivity index (χ2n) is 7.73. The second kappa shape index (κ2) is 5.40. The molecule has 0 bridgehead atoms. The number of rotatable bonds is 4. The van der Waals surface area contributed by atoms with E-state index in [1.165, 1.54) is 50.8 Å². The average molecular weight is 284 g/mol. The number of hydrogen-bond acceptors (Lipinski definition) is 2. The lowest BCUT2D eigenvalue weighted by Crippen LogP contribution is -2.61. The van der Waals surface area contributed by atoms with E-state index in [2.05, 4.69) is 47.5 Å². The van der Waals surface area contributed by atoms with Gasteiger partial charge in [-0.2, -0.15) is 0 Å². The maximum absolute atomic E-state index is 3.90. The van der Waals surface area contributed by atoms with Crippen molar-refractivity contribution in [2.75, 3.05) is 19.6 Å². The standard InChI is InChI=1S/C19H28N2/c1-19(17-10-11-17)14-21(13-15-6-5-7-15)18(12-20-19)16-8-3-2-4-9-16/h2-4,8-9,15,17-18,20H,5-7,10-14H2,1H3. The van der Waals surface area contributed by atoms with Crippen LogP contribution in [-0.2, 0) is 0 Å². The molecule has 1 saturated heterocycles. The Labute approximate surface area is 128 Å². The van der Waals surface area contributed by atoms with Crippen molar-refractivity contribution in [1.29, 1.82) is 0 Å². The van der Waals surface area contributed by atoms with Gasteiger partial charge < -0.3 is 5.32 Å². The lowest BCUT2D eigenvalue weighted by Gasteiger charge is -2.48. The molecule has 21 heavy (non-hydrogen) atoms. The fourth-order valence-electron chi connectivity index (χ4n) is 4.24. The van der Waals surface area contributed by atoms with Crippen LogP contribution >= 0.6 is 0 Å². The maximum Gasteiger partial charge on any atom is 0.0473 e. The van der Waals surface area contributed by atoms with Gasteiger partial charge in [0.1, 0.15) is 0 Å². The van der Waals surface area contributed by atoms with Crippen LogP contribution < -0.4 is 5.32 Å². The van der Waals surface area contributed by atoms with E-state index in [4.69, 9.17) is 0 Å². The van der Waals surface area contributed by atoms with Gasteiger partial charge in [-0.15, -0.1) is 0 Å². The van der Waals surface area contributed by atoms with Crippen molar-refractivity contribution < 1.29 is 0 Å². The van der Waals surface area contributed by atoms with Crippen LogP contribution in [0.4, 0.5) is 0 Å². The largest absolute Gasteiger partial charge is 0.308 e. The number of nitrogens with zero attached hydrogens (tertiary/aromatic N) is 1. The fourth-order valence-corrected chi connectivity index (χ4v) is 4.24. The zero-order valence-corrected chi connectivity index (χ0v) is 13.2. The number of benzene rings is 1. The predicted octanol–water partition coefficient (Wildman–Crippen LogP) is 3.60. The molecule has 1 N–H and O–H groups in total. The first-order chi connectivity index (χ1) is 10.2. The molecule has 2 nitrogen and oxygen atoms in total. The van der Waals surface area contributed by atoms with E-state index in [1.807, 2.05) is 0 Å². The molecule has 3 aliphatic rings. The zero-order valence-electron chi connectivity index (χ0n) is 13.2. The molecule has 2 unspecified atom stereocenters. The molecule has 114 valence electrons. The number of nitrogens with one attached hydrogen (secondary N) is 1. The van der Waals surface area contributed by atoms with Gasteiger partial charge in [-0.05, 0) is 50.0 Å². The second-order valence-corrected chi connectivity index (χ2v) is 7.73. The Morgan fingerprint density at radius 3 is 2.52 bits per heavy atom. The molecule has 0 aromatic heterocycles. The van der Waals surface area contributed by atoms with E-state index >= 15 is 0 Å². The minimum Gasteiger partial charge on any atom is -0.308 e. The first-order valence-electron chi connectivity index (χ1n) is 8.79. The van der Waals surface area contributed by atoms with Crippen molar-refractivity contribution >= 4 is 0 Å². The van der Waals surface area contributed by atoms with Crippen LogP contribution in [-0.4, -0.2) is 30.1 Å². The molecule has 0 spiro atoms. The Morgan fingerprint density at radius 2 is 1.90 bits per heavy atom. The molecule has 2 aliphatic carbocycles. The number of hydrogen-bond donors (Lipinski definition) is 1. The summed E-state index contributed by atoms with van der Waals surface area (Å²) in [7, 11) is 0. The van der Waals surface area contributed by atoms with Crippen molar-refractivity contribution in [2.24, 2.45) is 11.8 Å². The van der Waals surface area contributed by atoms with Gasteiger partial charge in [0.05, 0.1) is 0 Å². The van der Waals surface area contributed by atoms with Crippen LogP contribution in [0.25, 0.3) is 0 Å². The third-order valence-electron chi connectivity index (χ3n) is 6.05. The van der Waals surface area contributed by atoms with Gasteiger partial charge in [0.25, 0.3) is 0 Å². The maximum atomic E-state index is 3.90. The summed E-state index contributed by atoms with van der Waals surface area (Å²) in [5.41, 5.74) is 1.84. The Hall–Kier alpha value is -0.860. The molecule has 1 aromatic carbocycles. The molecule has 3 fully saturated rings. The highest BCUT2D eigenvalue weighted by molar-refractivity contribution is 5.21. The minimum absolute atomic E-state index is 0.356. The normalized spacial score (nSPS) is 34.6. The van der Waals surface area contributed by atoms with Crippen LogP contribution in [0.15, 0.2) is 30.3 Å². The molecule has 2 atom stereocenters. The van der Waals surface area contributed by atoms with Gasteiger partial charge in [0.2, 0.25) is 0 Å². The van der Waals surface area contributed by atoms with Crippen molar-refractivity contribution in [1.82, 2.24) is 10.2 Å². The summed E-state index contributed by atoms with van der Waals surface area (Å²) in [5.74, 6) is 1.87. The highest BCUT2D eigenvalue weighted by Crippen LogP contribution is 2.43. The SMILES string of the molecule is CC1(C2CC2)CN(CC2CCC2)C(c2ccccc2)CN1. The first kappa shape index (κ1) is 13.8. The highest BCUT2D eigenvalue weighted by Gasteiger charge is 2.46. The van der Waals surface area contributed by atoms with E-state index in [-0.39, 0.29) is 0 Å². The molecule has 1 aromatic rings. The Bertz CT molecular complexity index is 478. The first-order valence-corrected chi connectivity index (χ1v) is 8.79. The quantitative estimate of drug-likeness (QED) is 0.909. The molecule has 1 heterocycles. The summed E-state index contributed by atoms with van der Waals surface area (Å²) < 4.78 is 0. The van der Waals surface area contributed by atoms with E-state index in [1.54, 1.807) is 0 Å². The molecule has 2 heteroatoms. The van der Waals surface area contributed by atoms with Gasteiger partial charge >= 0.3 is 0 Å². The summed E-state index contributed by atoms with van der Waals surface area (Å²) in [6, 6.07) is 11.7. The van der Waals surface area contributed by atoms with Crippen LogP contribution in [0.5, 0.6) is 0 Å². The molecule has 0 amide bonds. The van der Waals surface area contributed by atoms with E-state index in [9.17, 15) is 0 Å². The topological polar surface area (TPSA) is 15.3 Å². The van der Waals surface area contributed by atoms with Crippen LogP contribution in [0.2, 0.25) is 0 Å². The Kier molecular flexibility index (Phi) is 3.55. The van der Waals surface area contributed by atoms with Crippen molar-refractivity contribution in [3.8, 4) is 0 Å². The van der Waals surface area contributed by atoms with Crippen molar-refractivity contribution in [2.45, 2.75) is 50.6 Å². The van der Waals surface area contributed by atoms with E-state index < -0.39 is 0 Å². The van der Waals surface area contributed by atoms with Crippen LogP contribution in [0, 0.1) is 11.8 Å². The zero-order chi connectivity index (χ0) is 14.3. The Balaban J connectivity index is 1.53. The number of piperazine rings is 1. The van der Waals surface area contributed by atoms with E-state index in [0.29, 0.717) is 11.6 Å². The minimum atomic E-state index is 0.356. The van der Waals surface area contributed by atoms with Gasteiger partial charge in [-0.25, -0.2) is 0 Å². The van der Waals surface area contributed by atoms with Gasteiger partial charge in [-0.3, -0.25) is 4.90 Å². The lowest BCUT2D eigenvalue weighted by atomic mass is 9.82. The predicted molar refractivity (Wildman–Crippen MR) is 87.2 cm³/mol. The third kappa shape index (κ3) is 2.76. The van der Waals surface area contributed by atoms with Gasteiger partial charge in [0.15, 0.2) is 0 Å². The summed E-state index contributed by atoms with van der Waals surface area (Å²) in [4.78, 5) is 2.80. The van der Waals surface area contributed by atoms with Crippen molar-refractivity contribution in [3.63, 3.8) is 0 Å². The smallest absolute Gasteiger partial charge is 0.0473 e. The Morgan fingerprint density at radius 1 is 1.14 bits per heavy atom. The van der Waals surface area contributed by atoms with Gasteiger partial charge in [-0.1, -0.05) is 36.8 Å². The lowest BCUT2D eigenvalue weighted by molar-refractivity contribution is 0.0477. The molecule has 1 aliphatic heterocycles. The highest BCUT2D eigenvalue weighted by atomic mass is 15.3.